The van der Waals surface area contributed by atoms with E-state index in [1.165, 1.54) is 5.56 Å². The number of ether oxygens (including phenoxy) is 1. The maximum absolute atomic E-state index is 11.8. The standard InChI is InChI=1S/C15H21IN2O2/c1-11-2-3-12(10-14(11)16)18-15(19)6-9-20-13-4-7-17-8-5-13/h2-3,10,13,17H,4-9H2,1H3,(H,18,19). The number of amides is 1. The molecule has 1 amide bonds. The summed E-state index contributed by atoms with van der Waals surface area (Å²) >= 11 is 2.27. The number of hydrogen-bond acceptors (Lipinski definition) is 3. The van der Waals surface area contributed by atoms with Crippen LogP contribution in [0.1, 0.15) is 24.8 Å². The fraction of sp³-hybridized carbons (Fsp3) is 0.533. The normalized spacial score (nSPS) is 16.1. The summed E-state index contributed by atoms with van der Waals surface area (Å²) < 4.78 is 6.89. The highest BCUT2D eigenvalue weighted by Crippen LogP contribution is 2.17. The second-order valence-corrected chi connectivity index (χ2v) is 6.24. The molecular weight excluding hydrogens is 367 g/mol. The first kappa shape index (κ1) is 15.7. The topological polar surface area (TPSA) is 50.4 Å². The zero-order valence-electron chi connectivity index (χ0n) is 11.7. The number of nitrogens with one attached hydrogen (secondary N) is 2. The number of aryl methyl sites for hydroxylation is 1. The van der Waals surface area contributed by atoms with Gasteiger partial charge in [0.1, 0.15) is 0 Å². The van der Waals surface area contributed by atoms with E-state index in [9.17, 15) is 4.79 Å². The van der Waals surface area contributed by atoms with Crippen molar-refractivity contribution in [2.45, 2.75) is 32.3 Å². The SMILES string of the molecule is Cc1ccc(NC(=O)CCOC2CCNCC2)cc1I. The van der Waals surface area contributed by atoms with Crippen LogP contribution < -0.4 is 10.6 Å². The van der Waals surface area contributed by atoms with Gasteiger partial charge in [0.25, 0.3) is 0 Å². The van der Waals surface area contributed by atoms with Crippen LogP contribution in [0.5, 0.6) is 0 Å². The summed E-state index contributed by atoms with van der Waals surface area (Å²) in [5.41, 5.74) is 2.07. The first-order valence-corrected chi connectivity index (χ1v) is 8.11. The highest BCUT2D eigenvalue weighted by Gasteiger charge is 2.13. The molecule has 1 aliphatic heterocycles. The van der Waals surface area contributed by atoms with Gasteiger partial charge in [0.05, 0.1) is 19.1 Å². The van der Waals surface area contributed by atoms with E-state index >= 15 is 0 Å². The van der Waals surface area contributed by atoms with Gasteiger partial charge in [-0.2, -0.15) is 0 Å². The Hall–Kier alpha value is -0.660. The van der Waals surface area contributed by atoms with Gasteiger partial charge in [0.2, 0.25) is 5.91 Å². The van der Waals surface area contributed by atoms with Crippen LogP contribution in [0.3, 0.4) is 0 Å². The molecule has 5 heteroatoms. The molecule has 1 aromatic rings. The number of anilines is 1. The lowest BCUT2D eigenvalue weighted by Crippen LogP contribution is -2.33. The number of carbonyl (C=O) groups excluding carboxylic acids is 1. The Balaban J connectivity index is 1.70. The van der Waals surface area contributed by atoms with Crippen molar-refractivity contribution >= 4 is 34.2 Å². The van der Waals surface area contributed by atoms with Gasteiger partial charge in [-0.3, -0.25) is 4.79 Å². The van der Waals surface area contributed by atoms with Gasteiger partial charge in [-0.05, 0) is 73.1 Å². The second kappa shape index (κ2) is 7.95. The molecule has 0 atom stereocenters. The van der Waals surface area contributed by atoms with Crippen molar-refractivity contribution in [3.8, 4) is 0 Å². The summed E-state index contributed by atoms with van der Waals surface area (Å²) in [4.78, 5) is 11.8. The Morgan fingerprint density at radius 1 is 1.45 bits per heavy atom. The molecule has 0 aromatic heterocycles. The second-order valence-electron chi connectivity index (χ2n) is 5.08. The molecule has 1 saturated heterocycles. The molecule has 0 aliphatic carbocycles. The summed E-state index contributed by atoms with van der Waals surface area (Å²) in [7, 11) is 0. The predicted molar refractivity (Wildman–Crippen MR) is 89.0 cm³/mol. The summed E-state index contributed by atoms with van der Waals surface area (Å²) in [6.07, 6.45) is 2.80. The van der Waals surface area contributed by atoms with E-state index in [0.29, 0.717) is 19.1 Å². The molecule has 2 rings (SSSR count). The van der Waals surface area contributed by atoms with E-state index < -0.39 is 0 Å². The minimum Gasteiger partial charge on any atom is -0.378 e. The van der Waals surface area contributed by atoms with Crippen LogP contribution in [-0.2, 0) is 9.53 Å². The first-order chi connectivity index (χ1) is 9.65. The lowest BCUT2D eigenvalue weighted by Gasteiger charge is -2.22. The molecule has 20 heavy (non-hydrogen) atoms. The molecule has 110 valence electrons. The van der Waals surface area contributed by atoms with Crippen LogP contribution in [0.2, 0.25) is 0 Å². The number of hydrogen-bond donors (Lipinski definition) is 2. The zero-order chi connectivity index (χ0) is 14.4. The van der Waals surface area contributed by atoms with Crippen LogP contribution in [0, 0.1) is 10.5 Å². The van der Waals surface area contributed by atoms with Crippen molar-refractivity contribution in [1.82, 2.24) is 5.32 Å². The van der Waals surface area contributed by atoms with Gasteiger partial charge in [-0.25, -0.2) is 0 Å². The average Bonchev–Trinajstić information content (AvgIpc) is 2.44. The maximum atomic E-state index is 11.8. The fourth-order valence-corrected chi connectivity index (χ4v) is 2.69. The number of carbonyl (C=O) groups is 1. The van der Waals surface area contributed by atoms with Gasteiger partial charge in [-0.15, -0.1) is 0 Å². The molecule has 0 unspecified atom stereocenters. The fourth-order valence-electron chi connectivity index (χ4n) is 2.17. The Morgan fingerprint density at radius 2 is 2.20 bits per heavy atom. The summed E-state index contributed by atoms with van der Waals surface area (Å²) in [6, 6.07) is 5.94. The summed E-state index contributed by atoms with van der Waals surface area (Å²) in [5, 5.41) is 6.21. The predicted octanol–water partition coefficient (Wildman–Crippen LogP) is 2.70. The van der Waals surface area contributed by atoms with E-state index in [4.69, 9.17) is 4.74 Å². The summed E-state index contributed by atoms with van der Waals surface area (Å²) in [6.45, 7) is 4.58. The molecule has 0 spiro atoms. The monoisotopic (exact) mass is 388 g/mol. The van der Waals surface area contributed by atoms with Gasteiger partial charge < -0.3 is 15.4 Å². The molecule has 4 nitrogen and oxygen atoms in total. The molecule has 1 fully saturated rings. The zero-order valence-corrected chi connectivity index (χ0v) is 13.9. The van der Waals surface area contributed by atoms with Gasteiger partial charge >= 0.3 is 0 Å². The number of rotatable bonds is 5. The summed E-state index contributed by atoms with van der Waals surface area (Å²) in [5.74, 6) is 0.0126. The average molecular weight is 388 g/mol. The number of piperidine rings is 1. The maximum Gasteiger partial charge on any atom is 0.226 e. The van der Waals surface area contributed by atoms with Crippen LogP contribution >= 0.6 is 22.6 Å². The van der Waals surface area contributed by atoms with Crippen molar-refractivity contribution in [3.05, 3.63) is 27.3 Å². The number of benzene rings is 1. The smallest absolute Gasteiger partial charge is 0.226 e. The van der Waals surface area contributed by atoms with E-state index in [1.807, 2.05) is 18.2 Å². The van der Waals surface area contributed by atoms with Crippen molar-refractivity contribution in [2.24, 2.45) is 0 Å². The largest absolute Gasteiger partial charge is 0.378 e. The Kier molecular flexibility index (Phi) is 6.25. The molecule has 0 saturated carbocycles. The van der Waals surface area contributed by atoms with Gasteiger partial charge in [0, 0.05) is 9.26 Å². The quantitative estimate of drug-likeness (QED) is 0.763. The van der Waals surface area contributed by atoms with E-state index in [2.05, 4.69) is 40.1 Å². The lowest BCUT2D eigenvalue weighted by molar-refractivity contribution is -0.117. The van der Waals surface area contributed by atoms with Crippen LogP contribution in [0.25, 0.3) is 0 Å². The van der Waals surface area contributed by atoms with Crippen LogP contribution in [0.4, 0.5) is 5.69 Å². The minimum absolute atomic E-state index is 0.0126. The van der Waals surface area contributed by atoms with Crippen molar-refractivity contribution in [3.63, 3.8) is 0 Å². The molecule has 1 aliphatic rings. The third kappa shape index (κ3) is 5.03. The lowest BCUT2D eigenvalue weighted by atomic mass is 10.1. The highest BCUT2D eigenvalue weighted by atomic mass is 127. The van der Waals surface area contributed by atoms with Gasteiger partial charge in [0.15, 0.2) is 0 Å². The molecule has 1 heterocycles. The molecule has 0 radical (unpaired) electrons. The molecule has 1 aromatic carbocycles. The Bertz CT molecular complexity index is 459. The van der Waals surface area contributed by atoms with Crippen molar-refractivity contribution < 1.29 is 9.53 Å². The molecule has 0 bridgehead atoms. The van der Waals surface area contributed by atoms with Crippen LogP contribution in [-0.4, -0.2) is 31.7 Å². The van der Waals surface area contributed by atoms with Crippen LogP contribution in [0.15, 0.2) is 18.2 Å². The first-order valence-electron chi connectivity index (χ1n) is 7.03. The third-order valence-electron chi connectivity index (χ3n) is 3.42. The Morgan fingerprint density at radius 3 is 2.90 bits per heavy atom. The Labute approximate surface area is 133 Å². The molecule has 2 N–H and O–H groups in total. The van der Waals surface area contributed by atoms with E-state index in [0.717, 1.165) is 35.2 Å². The van der Waals surface area contributed by atoms with Crippen molar-refractivity contribution in [1.29, 1.82) is 0 Å². The minimum atomic E-state index is 0.0126. The molecular formula is C15H21IN2O2. The van der Waals surface area contributed by atoms with E-state index in [1.54, 1.807) is 0 Å². The highest BCUT2D eigenvalue weighted by molar-refractivity contribution is 14.1. The van der Waals surface area contributed by atoms with Crippen molar-refractivity contribution in [2.75, 3.05) is 25.0 Å². The number of halogens is 1. The van der Waals surface area contributed by atoms with Gasteiger partial charge in [-0.1, -0.05) is 6.07 Å². The van der Waals surface area contributed by atoms with E-state index in [-0.39, 0.29) is 5.91 Å². The third-order valence-corrected chi connectivity index (χ3v) is 4.59.